The van der Waals surface area contributed by atoms with Crippen LogP contribution in [0.15, 0.2) is 505 Å². The molecule has 0 unspecified atom stereocenters. The molecule has 6 aromatic heterocycles. The van der Waals surface area contributed by atoms with Crippen LogP contribution < -0.4 is 0 Å². The van der Waals surface area contributed by atoms with Crippen molar-refractivity contribution in [3.8, 4) is 136 Å². The molecular weight excluding hydrogens is 1800 g/mol. The molecule has 30 rings (SSSR count). The fourth-order valence-corrected chi connectivity index (χ4v) is 21.0. The van der Waals surface area contributed by atoms with Crippen LogP contribution in [0.4, 0.5) is 0 Å². The molecule has 0 saturated carbocycles. The first-order valence-electron chi connectivity index (χ1n) is 49.3. The van der Waals surface area contributed by atoms with E-state index in [0.717, 1.165) is 198 Å². The first-order chi connectivity index (χ1) is 72.7. The quantitative estimate of drug-likeness (QED) is 0.114. The average molecular weight is 1880 g/mol. The Morgan fingerprint density at radius 3 is 0.646 bits per heavy atom. The van der Waals surface area contributed by atoms with Gasteiger partial charge in [-0.05, 0) is 233 Å². The molecule has 0 amide bonds. The van der Waals surface area contributed by atoms with Crippen molar-refractivity contribution in [1.29, 1.82) is 0 Å². The zero-order valence-electron chi connectivity index (χ0n) is 79.0. The Morgan fingerprint density at radius 2 is 0.333 bits per heavy atom. The van der Waals surface area contributed by atoms with Crippen molar-refractivity contribution in [2.75, 3.05) is 0 Å². The molecule has 684 valence electrons. The Bertz CT molecular complexity index is 10400. The van der Waals surface area contributed by atoms with Gasteiger partial charge in [0.1, 0.15) is 33.5 Å². The molecule has 0 bridgehead atoms. The number of nitrogens with zero attached hydrogens (tertiary/aromatic N) is 9. The van der Waals surface area contributed by atoms with Gasteiger partial charge in [0.15, 0.2) is 52.4 Å². The van der Waals surface area contributed by atoms with Gasteiger partial charge in [-0.3, -0.25) is 0 Å². The van der Waals surface area contributed by atoms with Gasteiger partial charge >= 0.3 is 0 Å². The minimum absolute atomic E-state index is 0.592. The topological polar surface area (TPSA) is 155 Å². The second-order valence-corrected chi connectivity index (χ2v) is 37.4. The van der Waals surface area contributed by atoms with Gasteiger partial charge < -0.3 is 13.3 Å². The molecule has 0 aliphatic carbocycles. The molecule has 0 N–H and O–H groups in total. The molecule has 0 aliphatic heterocycles. The SMILES string of the molecule is c1ccc(-c2nc(-c3ccc4ccccc4c3)nc(-c3cc(-c4ccc5ccccc5c4)cc4oc5cc6ccccc6cc5c34)n2)cc1.c1ccc(-c2nc(-c3ccccc3)nc(-c3cc(-c4ccc5ccccc5c4)cc4oc5cc6ccccc6cc5c34)n2)cc1.c1ccc2cc(-c3nc(-c4ccc5ccccc5c4)nc(-c4cc(-c5cccc6ccccc56)cc5oc6cc7ccccc7cc6c45)n3)ccc2c1. The minimum atomic E-state index is 0.592. The molecule has 0 radical (unpaired) electrons. The van der Waals surface area contributed by atoms with Crippen LogP contribution in [0.5, 0.6) is 0 Å². The van der Waals surface area contributed by atoms with E-state index in [2.05, 4.69) is 400 Å². The van der Waals surface area contributed by atoms with Crippen LogP contribution >= 0.6 is 0 Å². The van der Waals surface area contributed by atoms with Crippen LogP contribution in [0.3, 0.4) is 0 Å². The lowest BCUT2D eigenvalue weighted by molar-refractivity contribution is 0.669. The standard InChI is InChI=1S/C49H29N3O.C45H27N3O.C41H25N3O/c1-3-13-33-24-37(22-20-30(33)10-1)47-50-48(38-23-21-31-11-2-4-14-34(31)25-38)52-49(51-47)43-27-39(41-19-9-17-32-12-7-8-18-40(32)41)29-45-46(43)42-26-35-15-5-6-16-36(35)28-44(42)53-45;1-2-12-30(13-3-1)43-46-44(36-21-19-29-11-5-7-15-32(29)23-36)48-45(47-43)39-25-37(35-20-18-28-10-4-6-14-31(28)22-35)27-41-42(39)38-24-33-16-8-9-17-34(33)26-40(38)49-41;1-3-12-27(13-4-1)39-42-40(28-14-5-2-6-15-28)44-41(43-39)35-23-33(32-20-19-26-11-7-8-16-29(26)21-32)25-37-38(35)34-22-30-17-9-10-18-31(30)24-36(34)45-37/h1-29H;1-27H;1-25H. The van der Waals surface area contributed by atoms with E-state index in [9.17, 15) is 0 Å². The summed E-state index contributed by atoms with van der Waals surface area (Å²) < 4.78 is 20.1. The lowest BCUT2D eigenvalue weighted by Crippen LogP contribution is -2.01. The number of benzene rings is 24. The largest absolute Gasteiger partial charge is 0.456 e. The van der Waals surface area contributed by atoms with Crippen LogP contribution in [0.2, 0.25) is 0 Å². The summed E-state index contributed by atoms with van der Waals surface area (Å²) in [6.07, 6.45) is 0. The van der Waals surface area contributed by atoms with Crippen molar-refractivity contribution >= 4 is 163 Å². The molecule has 12 nitrogen and oxygen atoms in total. The highest BCUT2D eigenvalue weighted by atomic mass is 16.3. The predicted molar refractivity (Wildman–Crippen MR) is 604 cm³/mol. The van der Waals surface area contributed by atoms with Crippen molar-refractivity contribution < 1.29 is 13.3 Å². The molecule has 0 aliphatic rings. The van der Waals surface area contributed by atoms with E-state index in [1.807, 2.05) is 91.0 Å². The van der Waals surface area contributed by atoms with Crippen LogP contribution in [-0.2, 0) is 0 Å². The maximum atomic E-state index is 6.75. The summed E-state index contributed by atoms with van der Waals surface area (Å²) in [7, 11) is 0. The lowest BCUT2D eigenvalue weighted by atomic mass is 9.94. The first kappa shape index (κ1) is 85.1. The third kappa shape index (κ3) is 15.8. The van der Waals surface area contributed by atoms with Gasteiger partial charge in [0, 0.05) is 82.4 Å². The summed E-state index contributed by atoms with van der Waals surface area (Å²) in [6.45, 7) is 0. The second-order valence-electron chi connectivity index (χ2n) is 37.4. The van der Waals surface area contributed by atoms with E-state index in [-0.39, 0.29) is 0 Å². The summed E-state index contributed by atoms with van der Waals surface area (Å²) in [5.74, 6) is 5.52. The van der Waals surface area contributed by atoms with Gasteiger partial charge in [-0.2, -0.15) is 0 Å². The molecule has 0 atom stereocenters. The van der Waals surface area contributed by atoms with E-state index in [4.69, 9.17) is 58.1 Å². The van der Waals surface area contributed by atoms with Gasteiger partial charge in [-0.25, -0.2) is 44.9 Å². The maximum Gasteiger partial charge on any atom is 0.164 e. The monoisotopic (exact) mass is 1880 g/mol. The number of hydrogen-bond donors (Lipinski definition) is 0. The summed E-state index contributed by atoms with van der Waals surface area (Å²) in [5, 5.41) is 26.9. The Morgan fingerprint density at radius 1 is 0.109 bits per heavy atom. The van der Waals surface area contributed by atoms with Gasteiger partial charge in [0.25, 0.3) is 0 Å². The lowest BCUT2D eigenvalue weighted by Gasteiger charge is -2.13. The maximum absolute atomic E-state index is 6.75. The zero-order chi connectivity index (χ0) is 96.9. The molecule has 6 heterocycles. The van der Waals surface area contributed by atoms with E-state index in [0.29, 0.717) is 52.4 Å². The zero-order valence-corrected chi connectivity index (χ0v) is 79.0. The summed E-state index contributed by atoms with van der Waals surface area (Å²) in [4.78, 5) is 46.4. The Kier molecular flexibility index (Phi) is 20.6. The van der Waals surface area contributed by atoms with E-state index in [1.54, 1.807) is 0 Å². The van der Waals surface area contributed by atoms with Crippen LogP contribution in [0, 0.1) is 0 Å². The molecule has 12 heteroatoms. The Balaban J connectivity index is 0.000000107. The molecule has 30 aromatic rings. The fourth-order valence-electron chi connectivity index (χ4n) is 21.0. The molecule has 0 fully saturated rings. The van der Waals surface area contributed by atoms with Crippen molar-refractivity contribution in [2.45, 2.75) is 0 Å². The fraction of sp³-hybridized carbons (Fsp3) is 0. The smallest absolute Gasteiger partial charge is 0.164 e. The third-order valence-electron chi connectivity index (χ3n) is 28.3. The summed E-state index contributed by atoms with van der Waals surface area (Å²) in [6, 6.07) is 171. The molecule has 147 heavy (non-hydrogen) atoms. The predicted octanol–water partition coefficient (Wildman–Crippen LogP) is 35.7. The van der Waals surface area contributed by atoms with Crippen molar-refractivity contribution in [3.05, 3.63) is 491 Å². The Labute approximate surface area is 842 Å². The molecule has 0 spiro atoms. The minimum Gasteiger partial charge on any atom is -0.456 e. The first-order valence-corrected chi connectivity index (χ1v) is 49.3. The number of hydrogen-bond acceptors (Lipinski definition) is 12. The highest BCUT2D eigenvalue weighted by Gasteiger charge is 2.27. The van der Waals surface area contributed by atoms with Gasteiger partial charge in [-0.15, -0.1) is 0 Å². The highest BCUT2D eigenvalue weighted by Crippen LogP contribution is 2.48. The molecule has 0 saturated heterocycles. The number of aromatic nitrogens is 9. The van der Waals surface area contributed by atoms with Crippen molar-refractivity contribution in [2.24, 2.45) is 0 Å². The van der Waals surface area contributed by atoms with Gasteiger partial charge in [0.05, 0.1) is 0 Å². The van der Waals surface area contributed by atoms with E-state index < -0.39 is 0 Å². The molecule has 24 aromatic carbocycles. The highest BCUT2D eigenvalue weighted by molar-refractivity contribution is 6.20. The van der Waals surface area contributed by atoms with Gasteiger partial charge in [-0.1, -0.05) is 388 Å². The van der Waals surface area contributed by atoms with E-state index in [1.165, 1.54) is 48.5 Å². The third-order valence-corrected chi connectivity index (χ3v) is 28.3. The Hall–Kier alpha value is -20.0. The normalized spacial score (nSPS) is 11.7. The number of fused-ring (bicyclic) bond motifs is 18. The van der Waals surface area contributed by atoms with Crippen LogP contribution in [-0.4, -0.2) is 44.9 Å². The number of furan rings is 3. The summed E-state index contributed by atoms with van der Waals surface area (Å²) >= 11 is 0. The van der Waals surface area contributed by atoms with E-state index >= 15 is 0 Å². The second kappa shape index (κ2) is 35.7. The number of rotatable bonds is 12. The van der Waals surface area contributed by atoms with Crippen molar-refractivity contribution in [1.82, 2.24) is 44.9 Å². The summed E-state index contributed by atoms with van der Waals surface area (Å²) in [5.41, 5.74) is 19.6. The average Bonchev–Trinajstić information content (AvgIpc) is 1.61. The van der Waals surface area contributed by atoms with Gasteiger partial charge in [0.2, 0.25) is 0 Å². The van der Waals surface area contributed by atoms with Crippen LogP contribution in [0.25, 0.3) is 299 Å². The van der Waals surface area contributed by atoms with Crippen molar-refractivity contribution in [3.63, 3.8) is 0 Å². The van der Waals surface area contributed by atoms with Crippen LogP contribution in [0.1, 0.15) is 0 Å². The molecular formula is C135H81N9O3.